The maximum absolute atomic E-state index is 12.9. The van der Waals surface area contributed by atoms with Gasteiger partial charge < -0.3 is 9.64 Å². The van der Waals surface area contributed by atoms with Crippen molar-refractivity contribution >= 4 is 5.91 Å². The first kappa shape index (κ1) is 21.4. The molecule has 2 aromatic rings. The molecule has 0 aliphatic carbocycles. The highest BCUT2D eigenvalue weighted by Crippen LogP contribution is 2.43. The van der Waals surface area contributed by atoms with Crippen LogP contribution >= 0.6 is 0 Å². The molecule has 32 heavy (non-hydrogen) atoms. The van der Waals surface area contributed by atoms with Gasteiger partial charge in [-0.25, -0.2) is 0 Å². The van der Waals surface area contributed by atoms with Crippen LogP contribution in [0.5, 0.6) is 5.75 Å². The van der Waals surface area contributed by atoms with Gasteiger partial charge in [0.15, 0.2) is 0 Å². The minimum Gasteiger partial charge on any atom is -0.487 e. The second-order valence-electron chi connectivity index (χ2n) is 10.7. The number of likely N-dealkylation sites (tertiary alicyclic amines) is 2. The van der Waals surface area contributed by atoms with Crippen LogP contribution in [0.1, 0.15) is 66.7 Å². The maximum Gasteiger partial charge on any atom is 0.253 e. The van der Waals surface area contributed by atoms with Crippen molar-refractivity contribution in [3.8, 4) is 5.75 Å². The number of aryl methyl sites for hydroxylation is 1. The topological polar surface area (TPSA) is 45.7 Å². The summed E-state index contributed by atoms with van der Waals surface area (Å²) in [7, 11) is 0. The number of carbonyl (C=O) groups excluding carboxylic acids is 1. The zero-order chi connectivity index (χ0) is 22.3. The SMILES string of the molecule is Cc1cc(C(=O)N2CCC3(CCN(Cc4cccc5c4OC(C)(C)C5)CC3)CC2)ccn1. The van der Waals surface area contributed by atoms with Gasteiger partial charge in [0.1, 0.15) is 11.4 Å². The molecule has 0 N–H and O–H groups in total. The number of hydrogen-bond acceptors (Lipinski definition) is 4. The molecule has 0 bridgehead atoms. The van der Waals surface area contributed by atoms with Crippen LogP contribution in [-0.4, -0.2) is 52.5 Å². The van der Waals surface area contributed by atoms with Gasteiger partial charge in [-0.1, -0.05) is 18.2 Å². The second-order valence-corrected chi connectivity index (χ2v) is 10.7. The minimum absolute atomic E-state index is 0.0925. The number of fused-ring (bicyclic) bond motifs is 1. The van der Waals surface area contributed by atoms with Gasteiger partial charge in [-0.15, -0.1) is 0 Å². The molecule has 1 aromatic heterocycles. The van der Waals surface area contributed by atoms with E-state index in [0.29, 0.717) is 5.41 Å². The smallest absolute Gasteiger partial charge is 0.253 e. The maximum atomic E-state index is 12.9. The van der Waals surface area contributed by atoms with Crippen molar-refractivity contribution in [1.82, 2.24) is 14.8 Å². The number of ether oxygens (including phenoxy) is 1. The Morgan fingerprint density at radius 3 is 2.50 bits per heavy atom. The number of pyridine rings is 1. The number of amides is 1. The Labute approximate surface area is 191 Å². The molecule has 2 saturated heterocycles. The fourth-order valence-electron chi connectivity index (χ4n) is 5.78. The van der Waals surface area contributed by atoms with Crippen LogP contribution in [0, 0.1) is 12.3 Å². The highest BCUT2D eigenvalue weighted by molar-refractivity contribution is 5.94. The third-order valence-electron chi connectivity index (χ3n) is 7.74. The first-order valence-electron chi connectivity index (χ1n) is 12.1. The number of hydrogen-bond donors (Lipinski definition) is 0. The van der Waals surface area contributed by atoms with Crippen LogP contribution in [0.2, 0.25) is 0 Å². The third-order valence-corrected chi connectivity index (χ3v) is 7.74. The number of rotatable bonds is 3. The van der Waals surface area contributed by atoms with E-state index in [1.54, 1.807) is 6.20 Å². The molecule has 1 amide bonds. The van der Waals surface area contributed by atoms with Gasteiger partial charge in [0.05, 0.1) is 0 Å². The van der Waals surface area contributed by atoms with Crippen molar-refractivity contribution in [3.63, 3.8) is 0 Å². The van der Waals surface area contributed by atoms with E-state index in [9.17, 15) is 4.79 Å². The summed E-state index contributed by atoms with van der Waals surface area (Å²) in [5.41, 5.74) is 4.65. The number of carbonyl (C=O) groups is 1. The third kappa shape index (κ3) is 4.27. The van der Waals surface area contributed by atoms with Crippen molar-refractivity contribution in [3.05, 3.63) is 58.9 Å². The number of piperidine rings is 2. The Balaban J connectivity index is 1.16. The fourth-order valence-corrected chi connectivity index (χ4v) is 5.78. The van der Waals surface area contributed by atoms with Gasteiger partial charge in [0.2, 0.25) is 0 Å². The average Bonchev–Trinajstić information content (AvgIpc) is 3.10. The van der Waals surface area contributed by atoms with Gasteiger partial charge >= 0.3 is 0 Å². The average molecular weight is 434 g/mol. The summed E-state index contributed by atoms with van der Waals surface area (Å²) < 4.78 is 6.29. The highest BCUT2D eigenvalue weighted by atomic mass is 16.5. The Kier molecular flexibility index (Phi) is 5.48. The molecule has 1 spiro atoms. The summed E-state index contributed by atoms with van der Waals surface area (Å²) in [5.74, 6) is 1.28. The Morgan fingerprint density at radius 1 is 1.06 bits per heavy atom. The van der Waals surface area contributed by atoms with Crippen molar-refractivity contribution in [1.29, 1.82) is 0 Å². The van der Waals surface area contributed by atoms with Crippen molar-refractivity contribution < 1.29 is 9.53 Å². The van der Waals surface area contributed by atoms with E-state index in [1.165, 1.54) is 24.0 Å². The molecule has 0 unspecified atom stereocenters. The lowest BCUT2D eigenvalue weighted by Gasteiger charge is -2.47. The molecule has 1 aromatic carbocycles. The van der Waals surface area contributed by atoms with Crippen LogP contribution in [0.3, 0.4) is 0 Å². The lowest BCUT2D eigenvalue weighted by atomic mass is 9.71. The van der Waals surface area contributed by atoms with Gasteiger partial charge in [0, 0.05) is 49.1 Å². The Hall–Kier alpha value is -2.40. The summed E-state index contributed by atoms with van der Waals surface area (Å²) in [6.07, 6.45) is 7.42. The second kappa shape index (κ2) is 8.18. The van der Waals surface area contributed by atoms with Crippen LogP contribution in [-0.2, 0) is 13.0 Å². The number of para-hydroxylation sites is 1. The summed E-state index contributed by atoms with van der Waals surface area (Å²) in [6.45, 7) is 11.3. The van der Waals surface area contributed by atoms with Crippen molar-refractivity contribution in [2.45, 2.75) is 65.0 Å². The monoisotopic (exact) mass is 433 g/mol. The van der Waals surface area contributed by atoms with Crippen molar-refractivity contribution in [2.24, 2.45) is 5.41 Å². The molecule has 5 heteroatoms. The first-order valence-corrected chi connectivity index (χ1v) is 12.1. The summed E-state index contributed by atoms with van der Waals surface area (Å²) >= 11 is 0. The molecular weight excluding hydrogens is 398 g/mol. The molecular formula is C27H35N3O2. The summed E-state index contributed by atoms with van der Waals surface area (Å²) in [4.78, 5) is 21.7. The van der Waals surface area contributed by atoms with E-state index in [-0.39, 0.29) is 11.5 Å². The van der Waals surface area contributed by atoms with E-state index in [2.05, 4.69) is 41.9 Å². The molecule has 0 saturated carbocycles. The van der Waals surface area contributed by atoms with Gasteiger partial charge in [-0.2, -0.15) is 0 Å². The lowest BCUT2D eigenvalue weighted by Crippen LogP contribution is -2.48. The molecule has 4 heterocycles. The molecule has 3 aliphatic rings. The number of nitrogens with zero attached hydrogens (tertiary/aromatic N) is 3. The van der Waals surface area contributed by atoms with E-state index in [1.807, 2.05) is 24.0 Å². The van der Waals surface area contributed by atoms with Crippen LogP contribution in [0.25, 0.3) is 0 Å². The standard InChI is InChI=1S/C27H35N3O2/c1-20-17-21(7-12-28-20)25(31)30-15-10-27(11-16-30)8-13-29(14-9-27)19-23-6-4-5-22-18-26(2,3)32-24(22)23/h4-7,12,17H,8-11,13-16,18-19H2,1-3H3. The Morgan fingerprint density at radius 2 is 1.78 bits per heavy atom. The van der Waals surface area contributed by atoms with Gasteiger partial charge in [0.25, 0.3) is 5.91 Å². The molecule has 5 nitrogen and oxygen atoms in total. The van der Waals surface area contributed by atoms with Crippen LogP contribution in [0.15, 0.2) is 36.5 Å². The summed E-state index contributed by atoms with van der Waals surface area (Å²) in [6, 6.07) is 10.4. The normalized spacial score (nSPS) is 21.9. The van der Waals surface area contributed by atoms with E-state index < -0.39 is 0 Å². The largest absolute Gasteiger partial charge is 0.487 e. The highest BCUT2D eigenvalue weighted by Gasteiger charge is 2.39. The van der Waals surface area contributed by atoms with Gasteiger partial charge in [-0.3, -0.25) is 14.7 Å². The van der Waals surface area contributed by atoms with Crippen LogP contribution in [0.4, 0.5) is 0 Å². The summed E-state index contributed by atoms with van der Waals surface area (Å²) in [5, 5.41) is 0. The molecule has 0 atom stereocenters. The van der Waals surface area contributed by atoms with Crippen molar-refractivity contribution in [2.75, 3.05) is 26.2 Å². The van der Waals surface area contributed by atoms with E-state index >= 15 is 0 Å². The molecule has 0 radical (unpaired) electrons. The molecule has 3 aliphatic heterocycles. The van der Waals surface area contributed by atoms with E-state index in [4.69, 9.17) is 4.74 Å². The fraction of sp³-hybridized carbons (Fsp3) is 0.556. The zero-order valence-electron chi connectivity index (χ0n) is 19.7. The minimum atomic E-state index is -0.0925. The predicted octanol–water partition coefficient (Wildman–Crippen LogP) is 4.62. The van der Waals surface area contributed by atoms with Crippen LogP contribution < -0.4 is 4.74 Å². The lowest BCUT2D eigenvalue weighted by molar-refractivity contribution is 0.0282. The molecule has 170 valence electrons. The zero-order valence-corrected chi connectivity index (χ0v) is 19.7. The number of aromatic nitrogens is 1. The quantitative estimate of drug-likeness (QED) is 0.708. The molecule has 2 fully saturated rings. The predicted molar refractivity (Wildman–Crippen MR) is 126 cm³/mol. The number of benzene rings is 1. The van der Waals surface area contributed by atoms with Gasteiger partial charge in [-0.05, 0) is 82.7 Å². The first-order chi connectivity index (χ1) is 15.3. The van der Waals surface area contributed by atoms with E-state index in [0.717, 1.165) is 69.0 Å². The molecule has 5 rings (SSSR count). The Bertz CT molecular complexity index is 998.